The average Bonchev–Trinajstić information content (AvgIpc) is 2.45. The van der Waals surface area contributed by atoms with Crippen LogP contribution in [0.5, 0.6) is 5.75 Å². The van der Waals surface area contributed by atoms with E-state index in [1.807, 2.05) is 0 Å². The molecule has 2 aromatic rings. The van der Waals surface area contributed by atoms with Crippen molar-refractivity contribution in [3.63, 3.8) is 0 Å². The van der Waals surface area contributed by atoms with Gasteiger partial charge in [-0.05, 0) is 28.9 Å². The quantitative estimate of drug-likeness (QED) is 0.620. The largest absolute Gasteiger partial charge is 0.612 e. The van der Waals surface area contributed by atoms with Crippen LogP contribution in [-0.4, -0.2) is 22.2 Å². The summed E-state index contributed by atoms with van der Waals surface area (Å²) in [6.45, 7) is 0. The fourth-order valence-corrected chi connectivity index (χ4v) is 2.63. The maximum Gasteiger partial charge on any atom is 0.573 e. The number of aromatic nitrogens is 1. The Labute approximate surface area is 131 Å². The number of rotatable bonds is 4. The molecule has 0 aliphatic rings. The van der Waals surface area contributed by atoms with Crippen LogP contribution < -0.4 is 4.74 Å². The molecule has 0 aliphatic heterocycles. The van der Waals surface area contributed by atoms with Crippen LogP contribution in [0.25, 0.3) is 0 Å². The maximum absolute atomic E-state index is 14.6. The first-order valence-electron chi connectivity index (χ1n) is 6.15. The van der Waals surface area contributed by atoms with Gasteiger partial charge in [-0.15, -0.1) is 13.2 Å². The molecule has 0 unspecified atom stereocenters. The molecule has 1 heterocycles. The van der Waals surface area contributed by atoms with E-state index in [-0.39, 0.29) is 10.5 Å². The predicted molar refractivity (Wildman–Crippen MR) is 72.6 cm³/mol. The second-order valence-electron chi connectivity index (χ2n) is 4.47. The van der Waals surface area contributed by atoms with E-state index >= 15 is 0 Å². The molecule has 23 heavy (non-hydrogen) atoms. The lowest BCUT2D eigenvalue weighted by molar-refractivity contribution is -0.274. The zero-order chi connectivity index (χ0) is 17.2. The van der Waals surface area contributed by atoms with Gasteiger partial charge in [-0.1, -0.05) is 12.1 Å². The second kappa shape index (κ2) is 6.71. The molecule has 0 aliphatic carbocycles. The third kappa shape index (κ3) is 4.32. The van der Waals surface area contributed by atoms with Crippen molar-refractivity contribution in [2.75, 3.05) is 6.26 Å². The lowest BCUT2D eigenvalue weighted by Crippen LogP contribution is -2.17. The van der Waals surface area contributed by atoms with Gasteiger partial charge in [0.2, 0.25) is 0 Å². The van der Waals surface area contributed by atoms with Gasteiger partial charge in [0, 0.05) is 0 Å². The molecule has 2 atom stereocenters. The summed E-state index contributed by atoms with van der Waals surface area (Å²) in [5, 5.41) is 0. The Balaban J connectivity index is 2.33. The first-order chi connectivity index (χ1) is 10.7. The molecule has 9 heteroatoms. The van der Waals surface area contributed by atoms with Crippen molar-refractivity contribution in [1.29, 1.82) is 0 Å². The smallest absolute Gasteiger partial charge is 0.573 e. The first-order valence-corrected chi connectivity index (χ1v) is 7.71. The van der Waals surface area contributed by atoms with E-state index < -0.39 is 40.8 Å². The zero-order valence-electron chi connectivity index (χ0n) is 11.6. The van der Waals surface area contributed by atoms with Crippen molar-refractivity contribution in [3.05, 3.63) is 53.6 Å². The SMILES string of the molecule is C[S@@+]([O-])c1cncc(F)c1[C@H](F)c1ccc(OC(F)(F)F)cc1. The van der Waals surface area contributed by atoms with Gasteiger partial charge in [-0.3, -0.25) is 4.98 Å². The summed E-state index contributed by atoms with van der Waals surface area (Å²) in [5.74, 6) is -1.51. The van der Waals surface area contributed by atoms with Gasteiger partial charge in [0.25, 0.3) is 0 Å². The lowest BCUT2D eigenvalue weighted by Gasteiger charge is -2.15. The Morgan fingerprint density at radius 1 is 1.17 bits per heavy atom. The van der Waals surface area contributed by atoms with Gasteiger partial charge in [0.05, 0.1) is 18.0 Å². The average molecular weight is 351 g/mol. The molecule has 0 fully saturated rings. The minimum Gasteiger partial charge on any atom is -0.612 e. The van der Waals surface area contributed by atoms with E-state index in [1.165, 1.54) is 6.26 Å². The molecule has 0 radical (unpaired) electrons. The van der Waals surface area contributed by atoms with E-state index in [0.717, 1.165) is 36.7 Å². The molecule has 0 saturated heterocycles. The van der Waals surface area contributed by atoms with Crippen LogP contribution in [0.3, 0.4) is 0 Å². The Morgan fingerprint density at radius 2 is 1.78 bits per heavy atom. The Morgan fingerprint density at radius 3 is 2.30 bits per heavy atom. The zero-order valence-corrected chi connectivity index (χ0v) is 12.4. The monoisotopic (exact) mass is 351 g/mol. The van der Waals surface area contributed by atoms with Crippen LogP contribution in [0, 0.1) is 5.82 Å². The normalized spacial score (nSPS) is 14.4. The van der Waals surface area contributed by atoms with Gasteiger partial charge in [0.15, 0.2) is 16.9 Å². The molecular formula is C14H10F5NO2S. The number of pyridine rings is 1. The summed E-state index contributed by atoms with van der Waals surface area (Å²) in [5.41, 5.74) is -0.554. The van der Waals surface area contributed by atoms with Gasteiger partial charge < -0.3 is 9.29 Å². The highest BCUT2D eigenvalue weighted by Gasteiger charge is 2.31. The van der Waals surface area contributed by atoms with Gasteiger partial charge in [0.1, 0.15) is 12.0 Å². The number of hydrogen-bond donors (Lipinski definition) is 0. The van der Waals surface area contributed by atoms with E-state index in [1.54, 1.807) is 0 Å². The topological polar surface area (TPSA) is 45.2 Å². The second-order valence-corrected chi connectivity index (χ2v) is 5.81. The van der Waals surface area contributed by atoms with Crippen LogP contribution in [0.15, 0.2) is 41.6 Å². The van der Waals surface area contributed by atoms with Crippen molar-refractivity contribution in [2.45, 2.75) is 17.4 Å². The van der Waals surface area contributed by atoms with Gasteiger partial charge in [-0.2, -0.15) is 0 Å². The third-order valence-electron chi connectivity index (χ3n) is 2.87. The van der Waals surface area contributed by atoms with Crippen molar-refractivity contribution in [3.8, 4) is 5.75 Å². The van der Waals surface area contributed by atoms with Crippen molar-refractivity contribution < 1.29 is 31.2 Å². The molecule has 2 rings (SSSR count). The number of benzene rings is 1. The van der Waals surface area contributed by atoms with Crippen LogP contribution in [0.2, 0.25) is 0 Å². The molecule has 0 bridgehead atoms. The number of nitrogens with zero attached hydrogens (tertiary/aromatic N) is 1. The number of halogens is 5. The molecule has 3 nitrogen and oxygen atoms in total. The number of alkyl halides is 4. The molecule has 0 N–H and O–H groups in total. The fraction of sp³-hybridized carbons (Fsp3) is 0.214. The van der Waals surface area contributed by atoms with E-state index in [4.69, 9.17) is 0 Å². The van der Waals surface area contributed by atoms with E-state index in [9.17, 15) is 26.5 Å². The van der Waals surface area contributed by atoms with Gasteiger partial charge in [-0.25, -0.2) is 8.78 Å². The predicted octanol–water partition coefficient (Wildman–Crippen LogP) is 3.92. The molecule has 0 saturated carbocycles. The van der Waals surface area contributed by atoms with Gasteiger partial charge >= 0.3 is 6.36 Å². The molecule has 124 valence electrons. The summed E-state index contributed by atoms with van der Waals surface area (Å²) >= 11 is -1.68. The van der Waals surface area contributed by atoms with E-state index in [0.29, 0.717) is 0 Å². The minimum atomic E-state index is -4.86. The standard InChI is InChI=1S/C14H10F5NO2S/c1-23(21)11-7-20-6-10(15)12(11)13(16)8-2-4-9(5-3-8)22-14(17,18)19/h2-7,13H,1H3/t13-,23-/m1/s1. The van der Waals surface area contributed by atoms with Crippen molar-refractivity contribution in [2.24, 2.45) is 0 Å². The van der Waals surface area contributed by atoms with Crippen molar-refractivity contribution >= 4 is 11.2 Å². The van der Waals surface area contributed by atoms with Crippen LogP contribution in [-0.2, 0) is 11.2 Å². The molecule has 1 aromatic heterocycles. The van der Waals surface area contributed by atoms with Crippen LogP contribution in [0.4, 0.5) is 22.0 Å². The molecular weight excluding hydrogens is 341 g/mol. The van der Waals surface area contributed by atoms with Crippen LogP contribution in [0.1, 0.15) is 17.3 Å². The maximum atomic E-state index is 14.6. The summed E-state index contributed by atoms with van der Waals surface area (Å²) in [4.78, 5) is 3.40. The Kier molecular flexibility index (Phi) is 5.10. The highest BCUT2D eigenvalue weighted by molar-refractivity contribution is 7.90. The fourth-order valence-electron chi connectivity index (χ4n) is 1.91. The van der Waals surface area contributed by atoms with Crippen LogP contribution >= 0.6 is 0 Å². The number of ether oxygens (including phenoxy) is 1. The lowest BCUT2D eigenvalue weighted by atomic mass is 10.0. The summed E-state index contributed by atoms with van der Waals surface area (Å²) in [6, 6.07) is 3.90. The summed E-state index contributed by atoms with van der Waals surface area (Å²) in [6.07, 6.45) is -3.76. The van der Waals surface area contributed by atoms with E-state index in [2.05, 4.69) is 9.72 Å². The molecule has 0 amide bonds. The molecule has 0 spiro atoms. The summed E-state index contributed by atoms with van der Waals surface area (Å²) < 4.78 is 79.8. The highest BCUT2D eigenvalue weighted by atomic mass is 32.2. The third-order valence-corrected chi connectivity index (χ3v) is 3.82. The Bertz CT molecular complexity index is 676. The van der Waals surface area contributed by atoms with Crippen molar-refractivity contribution in [1.82, 2.24) is 4.98 Å². The molecule has 1 aromatic carbocycles. The summed E-state index contributed by atoms with van der Waals surface area (Å²) in [7, 11) is 0. The first kappa shape index (κ1) is 17.5. The number of hydrogen-bond acceptors (Lipinski definition) is 3. The Hall–Kier alpha value is -1.87. The highest BCUT2D eigenvalue weighted by Crippen LogP contribution is 2.34. The minimum absolute atomic E-state index is 0.101.